The first-order valence-corrected chi connectivity index (χ1v) is 7.43. The van der Waals surface area contributed by atoms with E-state index in [1.807, 2.05) is 42.5 Å². The van der Waals surface area contributed by atoms with Gasteiger partial charge in [0.05, 0.1) is 0 Å². The summed E-state index contributed by atoms with van der Waals surface area (Å²) in [6.07, 6.45) is 3.42. The molecule has 2 rings (SSSR count). The minimum absolute atomic E-state index is 0.121. The van der Waals surface area contributed by atoms with Crippen molar-refractivity contribution in [2.75, 3.05) is 5.32 Å². The minimum atomic E-state index is -0.121. The van der Waals surface area contributed by atoms with Crippen LogP contribution in [0.15, 0.2) is 54.6 Å². The van der Waals surface area contributed by atoms with Crippen molar-refractivity contribution in [3.8, 4) is 0 Å². The van der Waals surface area contributed by atoms with Crippen molar-refractivity contribution in [3.63, 3.8) is 0 Å². The zero-order valence-electron chi connectivity index (χ0n) is 13.1. The van der Waals surface area contributed by atoms with Gasteiger partial charge in [0.15, 0.2) is 0 Å². The van der Waals surface area contributed by atoms with Crippen molar-refractivity contribution in [2.24, 2.45) is 5.73 Å². The molecule has 1 amide bonds. The van der Waals surface area contributed by atoms with E-state index in [0.717, 1.165) is 23.0 Å². The molecule has 3 N–H and O–H groups in total. The van der Waals surface area contributed by atoms with Crippen LogP contribution in [-0.2, 0) is 22.6 Å². The summed E-state index contributed by atoms with van der Waals surface area (Å²) in [5, 5.41) is 2.70. The van der Waals surface area contributed by atoms with E-state index in [1.165, 1.54) is 6.92 Å². The Bertz CT molecular complexity index is 701. The largest absolute Gasteiger partial charge is 0.326 e. The number of hydrogen-bond donors (Lipinski definition) is 2. The van der Waals surface area contributed by atoms with Gasteiger partial charge in [-0.25, -0.2) is 0 Å². The summed E-state index contributed by atoms with van der Waals surface area (Å²) in [5.41, 5.74) is 9.95. The van der Waals surface area contributed by atoms with Crippen LogP contribution >= 0.6 is 0 Å². The van der Waals surface area contributed by atoms with Crippen molar-refractivity contribution >= 4 is 23.5 Å². The molecule has 0 aliphatic carbocycles. The average Bonchev–Trinajstić information content (AvgIpc) is 2.57. The van der Waals surface area contributed by atoms with E-state index in [-0.39, 0.29) is 5.91 Å². The Morgan fingerprint density at radius 1 is 1.04 bits per heavy atom. The van der Waals surface area contributed by atoms with E-state index in [4.69, 9.17) is 5.73 Å². The second kappa shape index (κ2) is 8.06. The van der Waals surface area contributed by atoms with Crippen LogP contribution in [0.4, 0.5) is 5.69 Å². The van der Waals surface area contributed by atoms with Gasteiger partial charge in [-0.05, 0) is 35.2 Å². The first kappa shape index (κ1) is 16.6. The number of carbonyl (C=O) groups excluding carboxylic acids is 2. The maximum absolute atomic E-state index is 11.3. The second-order valence-electron chi connectivity index (χ2n) is 5.26. The highest BCUT2D eigenvalue weighted by molar-refractivity contribution is 6.07. The summed E-state index contributed by atoms with van der Waals surface area (Å²) in [5.74, 6) is -0.121. The van der Waals surface area contributed by atoms with Crippen LogP contribution in [0.5, 0.6) is 0 Å². The maximum Gasteiger partial charge on any atom is 0.221 e. The molecule has 2 aromatic carbocycles. The highest BCUT2D eigenvalue weighted by Crippen LogP contribution is 2.17. The molecule has 0 bridgehead atoms. The van der Waals surface area contributed by atoms with Crippen LogP contribution < -0.4 is 11.1 Å². The number of anilines is 1. The van der Waals surface area contributed by atoms with Crippen molar-refractivity contribution in [2.45, 2.75) is 19.9 Å². The van der Waals surface area contributed by atoms with Gasteiger partial charge >= 0.3 is 0 Å². The second-order valence-corrected chi connectivity index (χ2v) is 5.26. The summed E-state index contributed by atoms with van der Waals surface area (Å²) in [6, 6.07) is 15.2. The minimum Gasteiger partial charge on any atom is -0.326 e. The van der Waals surface area contributed by atoms with Crippen LogP contribution in [0.2, 0.25) is 0 Å². The Morgan fingerprint density at radius 2 is 1.65 bits per heavy atom. The summed E-state index contributed by atoms with van der Waals surface area (Å²) in [6.45, 7) is 1.98. The number of carbonyl (C=O) groups is 2. The quantitative estimate of drug-likeness (QED) is 0.636. The van der Waals surface area contributed by atoms with E-state index in [9.17, 15) is 9.59 Å². The normalized spacial score (nSPS) is 11.1. The Hall–Kier alpha value is -2.72. The number of allylic oxidation sites excluding steroid dienone is 2. The molecule has 0 atom stereocenters. The van der Waals surface area contributed by atoms with E-state index < -0.39 is 0 Å². The lowest BCUT2D eigenvalue weighted by molar-refractivity contribution is -0.114. The van der Waals surface area contributed by atoms with E-state index in [2.05, 4.69) is 5.32 Å². The third-order valence-corrected chi connectivity index (χ3v) is 3.48. The molecule has 0 fully saturated rings. The van der Waals surface area contributed by atoms with Crippen LogP contribution in [0.25, 0.3) is 5.57 Å². The number of benzene rings is 2. The fourth-order valence-corrected chi connectivity index (χ4v) is 2.22. The number of nitrogens with two attached hydrogens (primary N) is 1. The fourth-order valence-electron chi connectivity index (χ4n) is 2.22. The predicted octanol–water partition coefficient (Wildman–Crippen LogP) is 2.93. The molecule has 0 saturated carbocycles. The van der Waals surface area contributed by atoms with Gasteiger partial charge in [0, 0.05) is 24.7 Å². The average molecular weight is 308 g/mol. The number of amides is 1. The molecule has 4 nitrogen and oxygen atoms in total. The van der Waals surface area contributed by atoms with E-state index >= 15 is 0 Å². The first-order chi connectivity index (χ1) is 11.1. The Labute approximate surface area is 136 Å². The molecule has 0 unspecified atom stereocenters. The van der Waals surface area contributed by atoms with Gasteiger partial charge in [-0.3, -0.25) is 9.59 Å². The van der Waals surface area contributed by atoms with Gasteiger partial charge in [-0.1, -0.05) is 42.5 Å². The SMILES string of the molecule is CC(=O)Nc1ccc(/C(C=O)=C\Cc2ccc(CN)cc2)cc1. The van der Waals surface area contributed by atoms with Crippen LogP contribution in [-0.4, -0.2) is 12.2 Å². The maximum atomic E-state index is 11.3. The van der Waals surface area contributed by atoms with Gasteiger partial charge in [-0.2, -0.15) is 0 Å². The molecular formula is C19H20N2O2. The smallest absolute Gasteiger partial charge is 0.221 e. The monoisotopic (exact) mass is 308 g/mol. The van der Waals surface area contributed by atoms with Crippen molar-refractivity contribution in [3.05, 3.63) is 71.3 Å². The number of nitrogens with one attached hydrogen (secondary N) is 1. The summed E-state index contributed by atoms with van der Waals surface area (Å²) < 4.78 is 0. The molecule has 0 aromatic heterocycles. The van der Waals surface area contributed by atoms with Crippen LogP contribution in [0.1, 0.15) is 23.6 Å². The molecule has 0 radical (unpaired) electrons. The van der Waals surface area contributed by atoms with Gasteiger partial charge < -0.3 is 11.1 Å². The molecular weight excluding hydrogens is 288 g/mol. The Balaban J connectivity index is 2.11. The molecule has 0 heterocycles. The predicted molar refractivity (Wildman–Crippen MR) is 92.8 cm³/mol. The third kappa shape index (κ3) is 4.90. The first-order valence-electron chi connectivity index (χ1n) is 7.43. The number of aldehydes is 1. The number of hydrogen-bond acceptors (Lipinski definition) is 3. The Morgan fingerprint density at radius 3 is 2.17 bits per heavy atom. The summed E-state index contributed by atoms with van der Waals surface area (Å²) >= 11 is 0. The molecule has 0 aliphatic heterocycles. The fraction of sp³-hybridized carbons (Fsp3) is 0.158. The van der Waals surface area contributed by atoms with Crippen molar-refractivity contribution in [1.82, 2.24) is 0 Å². The Kier molecular flexibility index (Phi) is 5.83. The zero-order chi connectivity index (χ0) is 16.7. The lowest BCUT2D eigenvalue weighted by Gasteiger charge is -2.05. The van der Waals surface area contributed by atoms with Crippen molar-refractivity contribution < 1.29 is 9.59 Å². The molecule has 0 aliphatic rings. The van der Waals surface area contributed by atoms with Gasteiger partial charge in [0.1, 0.15) is 6.29 Å². The van der Waals surface area contributed by atoms with E-state index in [1.54, 1.807) is 12.1 Å². The van der Waals surface area contributed by atoms with Crippen LogP contribution in [0.3, 0.4) is 0 Å². The van der Waals surface area contributed by atoms with Gasteiger partial charge in [0.25, 0.3) is 0 Å². The lowest BCUT2D eigenvalue weighted by atomic mass is 10.0. The van der Waals surface area contributed by atoms with Gasteiger partial charge in [0.2, 0.25) is 5.91 Å². The van der Waals surface area contributed by atoms with Gasteiger partial charge in [-0.15, -0.1) is 0 Å². The molecule has 0 spiro atoms. The molecule has 2 aromatic rings. The van der Waals surface area contributed by atoms with E-state index in [0.29, 0.717) is 24.2 Å². The summed E-state index contributed by atoms with van der Waals surface area (Å²) in [4.78, 5) is 22.3. The highest BCUT2D eigenvalue weighted by Gasteiger charge is 2.02. The lowest BCUT2D eigenvalue weighted by Crippen LogP contribution is -2.05. The molecule has 118 valence electrons. The third-order valence-electron chi connectivity index (χ3n) is 3.48. The standard InChI is InChI=1S/C19H20N2O2/c1-14(23)21-19-10-8-17(9-11-19)18(13-22)7-6-15-2-4-16(12-20)5-3-15/h2-5,7-11,13H,6,12,20H2,1H3,(H,21,23)/b18-7-. The zero-order valence-corrected chi connectivity index (χ0v) is 13.1. The van der Waals surface area contributed by atoms with Crippen LogP contribution in [0, 0.1) is 0 Å². The highest BCUT2D eigenvalue weighted by atomic mass is 16.1. The van der Waals surface area contributed by atoms with Crippen molar-refractivity contribution in [1.29, 1.82) is 0 Å². The summed E-state index contributed by atoms with van der Waals surface area (Å²) in [7, 11) is 0. The number of rotatable bonds is 6. The topological polar surface area (TPSA) is 72.2 Å². The molecule has 4 heteroatoms. The molecule has 0 saturated heterocycles. The molecule has 23 heavy (non-hydrogen) atoms.